The van der Waals surface area contributed by atoms with Crippen molar-refractivity contribution in [3.8, 4) is 0 Å². The molecule has 0 N–H and O–H groups in total. The first-order valence-corrected chi connectivity index (χ1v) is 11.3. The quantitative estimate of drug-likeness (QED) is 0.228. The molecule has 0 bridgehead atoms. The first-order valence-electron chi connectivity index (χ1n) is 11.3. The van der Waals surface area contributed by atoms with E-state index in [0.29, 0.717) is 6.61 Å². The van der Waals surface area contributed by atoms with E-state index in [-0.39, 0.29) is 12.7 Å². The number of pyridine rings is 1. The van der Waals surface area contributed by atoms with Crippen molar-refractivity contribution in [2.45, 2.75) is 19.4 Å². The number of fused-ring (bicyclic) bond motifs is 8. The highest BCUT2D eigenvalue weighted by atomic mass is 16.7. The normalized spacial score (nSPS) is 15.8. The van der Waals surface area contributed by atoms with E-state index < -0.39 is 0 Å². The summed E-state index contributed by atoms with van der Waals surface area (Å²) in [6, 6.07) is 18.9. The van der Waals surface area contributed by atoms with E-state index in [1.54, 1.807) is 0 Å². The minimum absolute atomic E-state index is 0.297. The maximum Gasteiger partial charge on any atom is 0.494 e. The molecule has 3 aromatic carbocycles. The molecule has 34 heavy (non-hydrogen) atoms. The number of benzene rings is 3. The monoisotopic (exact) mass is 446 g/mol. The van der Waals surface area contributed by atoms with Crippen molar-refractivity contribution in [2.24, 2.45) is 0 Å². The summed E-state index contributed by atoms with van der Waals surface area (Å²) in [5.74, 6) is 0. The summed E-state index contributed by atoms with van der Waals surface area (Å²) < 4.78 is 14.4. The minimum atomic E-state index is -0.381. The van der Waals surface area contributed by atoms with Gasteiger partial charge >= 0.3 is 7.12 Å². The largest absolute Gasteiger partial charge is 0.494 e. The Morgan fingerprint density at radius 2 is 1.79 bits per heavy atom. The molecule has 1 fully saturated rings. The van der Waals surface area contributed by atoms with Crippen molar-refractivity contribution in [2.75, 3.05) is 6.61 Å². The molecule has 0 amide bonds. The lowest BCUT2D eigenvalue weighted by Gasteiger charge is -2.16. The maximum atomic E-state index is 6.16. The zero-order valence-electron chi connectivity index (χ0n) is 19.7. The van der Waals surface area contributed by atoms with Gasteiger partial charge in [0, 0.05) is 16.2 Å². The van der Waals surface area contributed by atoms with E-state index in [4.69, 9.17) is 14.3 Å². The molecule has 0 spiro atoms. The SMILES string of the molecule is C=C.C=C/C=c1\c(=C)ccc2c1c1ccc(B3OCC(C)(C)O3)cc1n1c3ccccc3nc21. The Balaban J connectivity index is 0.00000117. The van der Waals surface area contributed by atoms with Crippen LogP contribution < -0.4 is 15.9 Å². The third kappa shape index (κ3) is 3.36. The number of allylic oxidation sites excluding steroid dienone is 1. The van der Waals surface area contributed by atoms with E-state index >= 15 is 0 Å². The number of hydrogen-bond acceptors (Lipinski definition) is 3. The van der Waals surface area contributed by atoms with Crippen molar-refractivity contribution in [3.05, 3.63) is 90.8 Å². The van der Waals surface area contributed by atoms with Gasteiger partial charge in [0.15, 0.2) is 0 Å². The lowest BCUT2D eigenvalue weighted by atomic mass is 9.78. The zero-order chi connectivity index (χ0) is 24.0. The van der Waals surface area contributed by atoms with Gasteiger partial charge in [0.2, 0.25) is 0 Å². The van der Waals surface area contributed by atoms with Crippen molar-refractivity contribution in [1.29, 1.82) is 0 Å². The van der Waals surface area contributed by atoms with Crippen LogP contribution in [0.3, 0.4) is 0 Å². The summed E-state index contributed by atoms with van der Waals surface area (Å²) in [6.07, 6.45) is 3.85. The van der Waals surface area contributed by atoms with Crippen molar-refractivity contribution < 1.29 is 9.31 Å². The van der Waals surface area contributed by atoms with Gasteiger partial charge in [-0.25, -0.2) is 4.98 Å². The molecule has 5 heteroatoms. The Morgan fingerprint density at radius 1 is 1.03 bits per heavy atom. The molecule has 6 rings (SSSR count). The average Bonchev–Trinajstić information content (AvgIpc) is 3.42. The van der Waals surface area contributed by atoms with Gasteiger partial charge in [-0.15, -0.1) is 13.2 Å². The minimum Gasteiger partial charge on any atom is -0.404 e. The number of nitrogens with zero attached hydrogens (tertiary/aromatic N) is 2. The van der Waals surface area contributed by atoms with Gasteiger partial charge in [-0.2, -0.15) is 0 Å². The Hall–Kier alpha value is -3.67. The maximum absolute atomic E-state index is 6.16. The highest BCUT2D eigenvalue weighted by molar-refractivity contribution is 6.62. The van der Waals surface area contributed by atoms with E-state index in [1.165, 1.54) is 0 Å². The molecule has 0 saturated carbocycles. The fourth-order valence-corrected chi connectivity index (χ4v) is 4.79. The van der Waals surface area contributed by atoms with Crippen LogP contribution in [0.15, 0.2) is 80.4 Å². The van der Waals surface area contributed by atoms with Crippen LogP contribution in [-0.4, -0.2) is 28.7 Å². The molecule has 0 radical (unpaired) electrons. The topological polar surface area (TPSA) is 35.8 Å². The first kappa shape index (κ1) is 22.1. The number of para-hydroxylation sites is 2. The predicted octanol–water partition coefficient (Wildman–Crippen LogP) is 4.49. The van der Waals surface area contributed by atoms with Gasteiger partial charge in [-0.1, -0.05) is 55.6 Å². The summed E-state index contributed by atoms with van der Waals surface area (Å²) in [5.41, 5.74) is 4.75. The second kappa shape index (κ2) is 8.28. The van der Waals surface area contributed by atoms with Gasteiger partial charge in [-0.05, 0) is 54.0 Å². The second-order valence-corrected chi connectivity index (χ2v) is 9.02. The Morgan fingerprint density at radius 3 is 2.53 bits per heavy atom. The molecule has 0 atom stereocenters. The number of rotatable bonds is 2. The molecule has 2 aromatic heterocycles. The van der Waals surface area contributed by atoms with E-state index in [0.717, 1.165) is 54.3 Å². The van der Waals surface area contributed by atoms with Crippen LogP contribution in [0.1, 0.15) is 13.8 Å². The second-order valence-electron chi connectivity index (χ2n) is 9.02. The average molecular weight is 446 g/mol. The molecule has 5 aromatic rings. The summed E-state index contributed by atoms with van der Waals surface area (Å²) in [7, 11) is -0.381. The first-order chi connectivity index (χ1) is 16.5. The molecule has 3 heterocycles. The molecule has 1 aliphatic heterocycles. The smallest absolute Gasteiger partial charge is 0.404 e. The fourth-order valence-electron chi connectivity index (χ4n) is 4.79. The predicted molar refractivity (Wildman–Crippen MR) is 145 cm³/mol. The van der Waals surface area contributed by atoms with E-state index in [9.17, 15) is 0 Å². The van der Waals surface area contributed by atoms with Crippen molar-refractivity contribution in [1.82, 2.24) is 9.38 Å². The molecule has 1 saturated heterocycles. The Labute approximate surface area is 199 Å². The summed E-state index contributed by atoms with van der Waals surface area (Å²) in [6.45, 7) is 18.9. The van der Waals surface area contributed by atoms with Crippen LogP contribution in [0, 0.1) is 0 Å². The van der Waals surface area contributed by atoms with Crippen molar-refractivity contribution >= 4 is 63.6 Å². The highest BCUT2D eigenvalue weighted by Gasteiger charge is 2.38. The molecular weight excluding hydrogens is 419 g/mol. The molecular formula is C29H27BN2O2. The number of imidazole rings is 1. The third-order valence-corrected chi connectivity index (χ3v) is 6.23. The van der Waals surface area contributed by atoms with Crippen LogP contribution in [0.2, 0.25) is 0 Å². The molecule has 4 nitrogen and oxygen atoms in total. The molecule has 168 valence electrons. The molecule has 0 unspecified atom stereocenters. The Bertz CT molecular complexity index is 1700. The van der Waals surface area contributed by atoms with Gasteiger partial charge in [0.05, 0.1) is 28.8 Å². The van der Waals surface area contributed by atoms with E-state index in [1.807, 2.05) is 18.2 Å². The summed E-state index contributed by atoms with van der Waals surface area (Å²) >= 11 is 0. The van der Waals surface area contributed by atoms with Crippen LogP contribution in [0.5, 0.6) is 0 Å². The Kier molecular flexibility index (Phi) is 5.39. The third-order valence-electron chi connectivity index (χ3n) is 6.23. The van der Waals surface area contributed by atoms with Gasteiger partial charge in [0.1, 0.15) is 5.65 Å². The summed E-state index contributed by atoms with van der Waals surface area (Å²) in [4.78, 5) is 5.01. The lowest BCUT2D eigenvalue weighted by molar-refractivity contribution is 0.137. The van der Waals surface area contributed by atoms with E-state index in [2.05, 4.69) is 93.1 Å². The fraction of sp³-hybridized carbons (Fsp3) is 0.138. The number of hydrogen-bond donors (Lipinski definition) is 0. The van der Waals surface area contributed by atoms with Crippen LogP contribution >= 0.6 is 0 Å². The molecule has 1 aliphatic rings. The molecule has 0 aliphatic carbocycles. The van der Waals surface area contributed by atoms with Gasteiger partial charge in [0.25, 0.3) is 0 Å². The zero-order valence-corrected chi connectivity index (χ0v) is 19.7. The summed E-state index contributed by atoms with van der Waals surface area (Å²) in [5, 5.41) is 5.40. The van der Waals surface area contributed by atoms with Crippen molar-refractivity contribution in [3.63, 3.8) is 0 Å². The van der Waals surface area contributed by atoms with Crippen LogP contribution in [0.4, 0.5) is 0 Å². The van der Waals surface area contributed by atoms with Gasteiger partial charge in [-0.3, -0.25) is 4.40 Å². The lowest BCUT2D eigenvalue weighted by Crippen LogP contribution is -2.34. The van der Waals surface area contributed by atoms with Gasteiger partial charge < -0.3 is 9.31 Å². The highest BCUT2D eigenvalue weighted by Crippen LogP contribution is 2.30. The van der Waals surface area contributed by atoms with Crippen LogP contribution in [-0.2, 0) is 9.31 Å². The standard InChI is InChI=1S/C27H23BN2O2.C2H4/c1-5-8-19-17(2)11-13-21-25(19)20-14-12-18(28-31-16-27(3,4)32-28)15-24(20)30-23-10-7-6-9-22(23)29-26(21)30;1-2/h5-15H,1-2,16H2,3-4H3;1-2H2/b19-8+;. The van der Waals surface area contributed by atoms with Crippen LogP contribution in [0.25, 0.3) is 51.0 Å². The number of aromatic nitrogens is 2.